The van der Waals surface area contributed by atoms with Gasteiger partial charge in [-0.05, 0) is 38.0 Å². The lowest BCUT2D eigenvalue weighted by Gasteiger charge is -2.20. The van der Waals surface area contributed by atoms with Crippen molar-refractivity contribution in [1.82, 2.24) is 4.98 Å². The summed E-state index contributed by atoms with van der Waals surface area (Å²) in [6.45, 7) is 2.18. The lowest BCUT2D eigenvalue weighted by atomic mass is 9.86. The van der Waals surface area contributed by atoms with Gasteiger partial charge < -0.3 is 9.47 Å². The summed E-state index contributed by atoms with van der Waals surface area (Å²) >= 11 is 0. The standard InChI is InChI=1S/C16H17NO3/c1-2-19-16(18)14-11-7-3-4-9-13(11)20-15(14)12-8-5-6-10-17-12/h4-6,8-11,13H,2-3,7H2,1H3/t11-,13+/m0/s1. The zero-order valence-corrected chi connectivity index (χ0v) is 11.4. The zero-order chi connectivity index (χ0) is 13.9. The molecule has 0 unspecified atom stereocenters. The molecule has 0 bridgehead atoms. The topological polar surface area (TPSA) is 48.4 Å². The fourth-order valence-corrected chi connectivity index (χ4v) is 2.75. The van der Waals surface area contributed by atoms with E-state index in [0.29, 0.717) is 23.6 Å². The highest BCUT2D eigenvalue weighted by atomic mass is 16.5. The van der Waals surface area contributed by atoms with E-state index in [1.54, 1.807) is 6.20 Å². The Morgan fingerprint density at radius 1 is 1.50 bits per heavy atom. The van der Waals surface area contributed by atoms with Crippen LogP contribution < -0.4 is 0 Å². The lowest BCUT2D eigenvalue weighted by molar-refractivity contribution is -0.139. The van der Waals surface area contributed by atoms with Crippen LogP contribution in [0.1, 0.15) is 25.5 Å². The number of rotatable bonds is 3. The number of hydrogen-bond donors (Lipinski definition) is 0. The number of esters is 1. The van der Waals surface area contributed by atoms with E-state index in [4.69, 9.17) is 9.47 Å². The van der Waals surface area contributed by atoms with E-state index in [1.165, 1.54) is 0 Å². The predicted molar refractivity (Wildman–Crippen MR) is 74.5 cm³/mol. The van der Waals surface area contributed by atoms with Gasteiger partial charge in [0.1, 0.15) is 11.8 Å². The Morgan fingerprint density at radius 2 is 2.40 bits per heavy atom. The molecule has 1 aromatic rings. The van der Waals surface area contributed by atoms with Crippen molar-refractivity contribution in [3.63, 3.8) is 0 Å². The molecule has 2 heterocycles. The Labute approximate surface area is 118 Å². The van der Waals surface area contributed by atoms with Crippen LogP contribution in [-0.4, -0.2) is 23.7 Å². The third kappa shape index (κ3) is 2.22. The zero-order valence-electron chi connectivity index (χ0n) is 11.4. The lowest BCUT2D eigenvalue weighted by Crippen LogP contribution is -2.23. The van der Waals surface area contributed by atoms with E-state index >= 15 is 0 Å². The molecule has 0 fully saturated rings. The Kier molecular flexibility index (Phi) is 3.54. The van der Waals surface area contributed by atoms with Gasteiger partial charge in [0.15, 0.2) is 5.76 Å². The molecule has 2 aliphatic rings. The number of pyridine rings is 1. The summed E-state index contributed by atoms with van der Waals surface area (Å²) < 4.78 is 11.2. The summed E-state index contributed by atoms with van der Waals surface area (Å²) in [4.78, 5) is 16.6. The summed E-state index contributed by atoms with van der Waals surface area (Å²) in [6.07, 6.45) is 7.63. The summed E-state index contributed by atoms with van der Waals surface area (Å²) in [5, 5.41) is 0. The minimum Gasteiger partial charge on any atom is -0.483 e. The van der Waals surface area contributed by atoms with Gasteiger partial charge in [-0.2, -0.15) is 0 Å². The molecule has 1 aliphatic heterocycles. The van der Waals surface area contributed by atoms with Gasteiger partial charge in [0.2, 0.25) is 0 Å². The molecule has 20 heavy (non-hydrogen) atoms. The molecule has 0 amide bonds. The van der Waals surface area contributed by atoms with Crippen LogP contribution in [0, 0.1) is 5.92 Å². The highest BCUT2D eigenvalue weighted by Gasteiger charge is 2.41. The van der Waals surface area contributed by atoms with Crippen molar-refractivity contribution in [3.8, 4) is 0 Å². The van der Waals surface area contributed by atoms with Gasteiger partial charge in [-0.1, -0.05) is 12.1 Å². The Bertz CT molecular complexity index is 562. The van der Waals surface area contributed by atoms with Gasteiger partial charge in [-0.3, -0.25) is 4.98 Å². The monoisotopic (exact) mass is 271 g/mol. The van der Waals surface area contributed by atoms with Gasteiger partial charge in [0.05, 0.1) is 12.2 Å². The van der Waals surface area contributed by atoms with Gasteiger partial charge >= 0.3 is 5.97 Å². The van der Waals surface area contributed by atoms with Crippen molar-refractivity contribution in [2.45, 2.75) is 25.9 Å². The van der Waals surface area contributed by atoms with E-state index in [0.717, 1.165) is 12.8 Å². The van der Waals surface area contributed by atoms with Gasteiger partial charge in [0, 0.05) is 12.1 Å². The molecule has 0 spiro atoms. The largest absolute Gasteiger partial charge is 0.483 e. The number of carbonyl (C=O) groups is 1. The average Bonchev–Trinajstić information content (AvgIpc) is 2.88. The number of nitrogens with zero attached hydrogens (tertiary/aromatic N) is 1. The Balaban J connectivity index is 2.03. The Hall–Kier alpha value is -2.10. The van der Waals surface area contributed by atoms with Crippen LogP contribution in [0.2, 0.25) is 0 Å². The van der Waals surface area contributed by atoms with Crippen LogP contribution in [-0.2, 0) is 14.3 Å². The first-order chi connectivity index (χ1) is 9.81. The molecule has 1 aliphatic carbocycles. The number of carbonyl (C=O) groups excluding carboxylic acids is 1. The smallest absolute Gasteiger partial charge is 0.338 e. The van der Waals surface area contributed by atoms with E-state index < -0.39 is 0 Å². The highest BCUT2D eigenvalue weighted by Crippen LogP contribution is 2.41. The predicted octanol–water partition coefficient (Wildman–Crippen LogP) is 2.72. The SMILES string of the molecule is CCOC(=O)C1=C(c2ccccn2)O[C@@H]2C=CCC[C@H]12. The summed E-state index contributed by atoms with van der Waals surface area (Å²) in [5.74, 6) is 0.373. The number of allylic oxidation sites excluding steroid dienone is 1. The van der Waals surface area contributed by atoms with E-state index in [9.17, 15) is 4.79 Å². The molecule has 0 saturated heterocycles. The molecule has 0 N–H and O–H groups in total. The minimum absolute atomic E-state index is 0.0693. The maximum absolute atomic E-state index is 12.3. The third-order valence-corrected chi connectivity index (χ3v) is 3.63. The molecule has 104 valence electrons. The molecular weight excluding hydrogens is 254 g/mol. The van der Waals surface area contributed by atoms with Crippen molar-refractivity contribution >= 4 is 11.7 Å². The normalized spacial score (nSPS) is 24.2. The number of fused-ring (bicyclic) bond motifs is 1. The van der Waals surface area contributed by atoms with Crippen molar-refractivity contribution < 1.29 is 14.3 Å². The first-order valence-electron chi connectivity index (χ1n) is 6.97. The molecule has 0 aromatic carbocycles. The van der Waals surface area contributed by atoms with Crippen molar-refractivity contribution in [3.05, 3.63) is 47.8 Å². The first-order valence-corrected chi connectivity index (χ1v) is 6.97. The number of hydrogen-bond acceptors (Lipinski definition) is 4. The molecule has 0 saturated carbocycles. The van der Waals surface area contributed by atoms with Gasteiger partial charge in [0.25, 0.3) is 0 Å². The number of ether oxygens (including phenoxy) is 2. The van der Waals surface area contributed by atoms with Crippen molar-refractivity contribution in [2.75, 3.05) is 6.61 Å². The van der Waals surface area contributed by atoms with Crippen LogP contribution in [0.5, 0.6) is 0 Å². The second kappa shape index (κ2) is 5.49. The fourth-order valence-electron chi connectivity index (χ4n) is 2.75. The summed E-state index contributed by atoms with van der Waals surface area (Å²) in [7, 11) is 0. The van der Waals surface area contributed by atoms with Crippen LogP contribution in [0.25, 0.3) is 5.76 Å². The first kappa shape index (κ1) is 12.9. The van der Waals surface area contributed by atoms with Gasteiger partial charge in [-0.15, -0.1) is 0 Å². The Morgan fingerprint density at radius 3 is 3.15 bits per heavy atom. The van der Waals surface area contributed by atoms with E-state index in [2.05, 4.69) is 11.1 Å². The van der Waals surface area contributed by atoms with Crippen LogP contribution in [0.15, 0.2) is 42.1 Å². The molecule has 4 heteroatoms. The maximum Gasteiger partial charge on any atom is 0.338 e. The fraction of sp³-hybridized carbons (Fsp3) is 0.375. The van der Waals surface area contributed by atoms with Gasteiger partial charge in [-0.25, -0.2) is 4.79 Å². The van der Waals surface area contributed by atoms with Crippen LogP contribution >= 0.6 is 0 Å². The molecule has 1 aromatic heterocycles. The summed E-state index contributed by atoms with van der Waals surface area (Å²) in [6, 6.07) is 5.59. The molecule has 0 radical (unpaired) electrons. The quantitative estimate of drug-likeness (QED) is 0.626. The van der Waals surface area contributed by atoms with Crippen LogP contribution in [0.3, 0.4) is 0 Å². The number of aromatic nitrogens is 1. The molecule has 2 atom stereocenters. The second-order valence-corrected chi connectivity index (χ2v) is 4.87. The molecular formula is C16H17NO3. The second-order valence-electron chi connectivity index (χ2n) is 4.87. The minimum atomic E-state index is -0.282. The van der Waals surface area contributed by atoms with Crippen molar-refractivity contribution in [1.29, 1.82) is 0 Å². The van der Waals surface area contributed by atoms with E-state index in [1.807, 2.05) is 31.2 Å². The summed E-state index contributed by atoms with van der Waals surface area (Å²) in [5.41, 5.74) is 1.33. The van der Waals surface area contributed by atoms with E-state index in [-0.39, 0.29) is 18.0 Å². The average molecular weight is 271 g/mol. The molecule has 3 rings (SSSR count). The maximum atomic E-state index is 12.3. The van der Waals surface area contributed by atoms with Crippen molar-refractivity contribution in [2.24, 2.45) is 5.92 Å². The highest BCUT2D eigenvalue weighted by molar-refractivity contribution is 5.97. The van der Waals surface area contributed by atoms with Crippen LogP contribution in [0.4, 0.5) is 0 Å². The third-order valence-electron chi connectivity index (χ3n) is 3.63. The molecule has 4 nitrogen and oxygen atoms in total.